The second kappa shape index (κ2) is 4.29. The molecular weight excluding hydrogens is 228 g/mol. The molecule has 2 aromatic rings. The summed E-state index contributed by atoms with van der Waals surface area (Å²) in [4.78, 5) is 9.78. The Morgan fingerprint density at radius 3 is 2.12 bits per heavy atom. The topological polar surface area (TPSA) is 43.1 Å². The van der Waals surface area contributed by atoms with Gasteiger partial charge in [0.25, 0.3) is 0 Å². The largest absolute Gasteiger partial charge is 0.305 e. The molecule has 3 nitrogen and oxygen atoms in total. The SMILES string of the molecule is O=[N+]([O-])c1cc(-c2ccc(F)cc2)ccc1F. The van der Waals surface area contributed by atoms with Crippen LogP contribution in [0.3, 0.4) is 0 Å². The van der Waals surface area contributed by atoms with E-state index in [1.807, 2.05) is 0 Å². The summed E-state index contributed by atoms with van der Waals surface area (Å²) in [5.41, 5.74) is 0.472. The van der Waals surface area contributed by atoms with Crippen molar-refractivity contribution in [3.8, 4) is 11.1 Å². The van der Waals surface area contributed by atoms with Crippen molar-refractivity contribution in [1.82, 2.24) is 0 Å². The van der Waals surface area contributed by atoms with E-state index in [-0.39, 0.29) is 0 Å². The van der Waals surface area contributed by atoms with Crippen LogP contribution < -0.4 is 0 Å². The van der Waals surface area contributed by atoms with Gasteiger partial charge < -0.3 is 0 Å². The molecule has 0 unspecified atom stereocenters. The standard InChI is InChI=1S/C12H7F2NO2/c13-10-4-1-8(2-5-10)9-3-6-11(14)12(7-9)15(16)17/h1-7H. The van der Waals surface area contributed by atoms with E-state index in [1.165, 1.54) is 30.3 Å². The summed E-state index contributed by atoms with van der Waals surface area (Å²) in [6, 6.07) is 9.00. The minimum Gasteiger partial charge on any atom is -0.258 e. The van der Waals surface area contributed by atoms with E-state index in [1.54, 1.807) is 0 Å². The molecule has 0 heterocycles. The summed E-state index contributed by atoms with van der Waals surface area (Å²) in [6.07, 6.45) is 0. The van der Waals surface area contributed by atoms with Gasteiger partial charge in [0.15, 0.2) is 0 Å². The summed E-state index contributed by atoms with van der Waals surface area (Å²) >= 11 is 0. The predicted molar refractivity (Wildman–Crippen MR) is 58.4 cm³/mol. The number of halogens is 2. The fraction of sp³-hybridized carbons (Fsp3) is 0. The van der Waals surface area contributed by atoms with Crippen LogP contribution in [0.5, 0.6) is 0 Å². The van der Waals surface area contributed by atoms with Crippen LogP contribution in [0.15, 0.2) is 42.5 Å². The first-order valence-corrected chi connectivity index (χ1v) is 4.78. The number of rotatable bonds is 2. The van der Waals surface area contributed by atoms with Gasteiger partial charge in [-0.15, -0.1) is 0 Å². The average molecular weight is 235 g/mol. The minimum absolute atomic E-state index is 0.398. The fourth-order valence-electron chi connectivity index (χ4n) is 1.47. The third-order valence-corrected chi connectivity index (χ3v) is 2.32. The van der Waals surface area contributed by atoms with Crippen molar-refractivity contribution >= 4 is 5.69 Å². The molecule has 17 heavy (non-hydrogen) atoms. The lowest BCUT2D eigenvalue weighted by molar-refractivity contribution is -0.387. The smallest absolute Gasteiger partial charge is 0.258 e. The van der Waals surface area contributed by atoms with Crippen molar-refractivity contribution in [1.29, 1.82) is 0 Å². The van der Waals surface area contributed by atoms with Crippen molar-refractivity contribution in [2.24, 2.45) is 0 Å². The summed E-state index contributed by atoms with van der Waals surface area (Å²) in [5, 5.41) is 10.6. The van der Waals surface area contributed by atoms with Gasteiger partial charge in [0.05, 0.1) is 4.92 Å². The molecule has 0 fully saturated rings. The Kier molecular flexibility index (Phi) is 2.82. The van der Waals surface area contributed by atoms with Crippen molar-refractivity contribution in [3.63, 3.8) is 0 Å². The zero-order valence-electron chi connectivity index (χ0n) is 8.56. The lowest BCUT2D eigenvalue weighted by Gasteiger charge is -2.02. The van der Waals surface area contributed by atoms with Gasteiger partial charge in [-0.1, -0.05) is 18.2 Å². The molecule has 0 aliphatic rings. The highest BCUT2D eigenvalue weighted by molar-refractivity contribution is 5.66. The van der Waals surface area contributed by atoms with Crippen LogP contribution in [-0.4, -0.2) is 4.92 Å². The van der Waals surface area contributed by atoms with Crippen LogP contribution in [0.25, 0.3) is 11.1 Å². The highest BCUT2D eigenvalue weighted by atomic mass is 19.1. The third kappa shape index (κ3) is 2.28. The number of hydrogen-bond acceptors (Lipinski definition) is 2. The van der Waals surface area contributed by atoms with Crippen LogP contribution in [0.4, 0.5) is 14.5 Å². The summed E-state index contributed by atoms with van der Waals surface area (Å²) < 4.78 is 25.8. The molecule has 2 aromatic carbocycles. The first kappa shape index (κ1) is 11.2. The number of nitrogens with zero attached hydrogens (tertiary/aromatic N) is 1. The Labute approximate surface area is 95.5 Å². The van der Waals surface area contributed by atoms with Crippen LogP contribution in [0.1, 0.15) is 0 Å². The van der Waals surface area contributed by atoms with E-state index >= 15 is 0 Å². The molecule has 2 rings (SSSR count). The lowest BCUT2D eigenvalue weighted by atomic mass is 10.1. The molecule has 5 heteroatoms. The number of hydrogen-bond donors (Lipinski definition) is 0. The van der Waals surface area contributed by atoms with E-state index in [2.05, 4.69) is 0 Å². The Bertz CT molecular complexity index is 567. The summed E-state index contributed by atoms with van der Waals surface area (Å²) in [7, 11) is 0. The molecule has 0 aromatic heterocycles. The summed E-state index contributed by atoms with van der Waals surface area (Å²) in [6.45, 7) is 0. The van der Waals surface area contributed by atoms with Crippen molar-refractivity contribution in [3.05, 3.63) is 64.2 Å². The Morgan fingerprint density at radius 2 is 1.53 bits per heavy atom. The Balaban J connectivity index is 2.50. The van der Waals surface area contributed by atoms with Crippen LogP contribution in [0.2, 0.25) is 0 Å². The molecule has 0 aliphatic carbocycles. The second-order valence-corrected chi connectivity index (χ2v) is 3.43. The molecule has 0 saturated heterocycles. The Morgan fingerprint density at radius 1 is 0.941 bits per heavy atom. The normalized spacial score (nSPS) is 10.2. The molecule has 0 aliphatic heterocycles. The quantitative estimate of drug-likeness (QED) is 0.590. The zero-order chi connectivity index (χ0) is 12.4. The average Bonchev–Trinajstić information content (AvgIpc) is 2.30. The molecular formula is C12H7F2NO2. The number of benzene rings is 2. The Hall–Kier alpha value is -2.30. The van der Waals surface area contributed by atoms with Crippen molar-refractivity contribution in [2.75, 3.05) is 0 Å². The maximum absolute atomic E-state index is 13.1. The van der Waals surface area contributed by atoms with E-state index in [9.17, 15) is 18.9 Å². The number of nitro benzene ring substituents is 1. The molecule has 0 spiro atoms. The van der Waals surface area contributed by atoms with Crippen molar-refractivity contribution < 1.29 is 13.7 Å². The second-order valence-electron chi connectivity index (χ2n) is 3.43. The minimum atomic E-state index is -0.888. The first-order valence-electron chi connectivity index (χ1n) is 4.78. The predicted octanol–water partition coefficient (Wildman–Crippen LogP) is 3.54. The van der Waals surface area contributed by atoms with Crippen LogP contribution in [0, 0.1) is 21.7 Å². The van der Waals surface area contributed by atoms with Gasteiger partial charge in [0, 0.05) is 6.07 Å². The third-order valence-electron chi connectivity index (χ3n) is 2.32. The first-order chi connectivity index (χ1) is 8.08. The zero-order valence-corrected chi connectivity index (χ0v) is 8.56. The molecule has 0 amide bonds. The van der Waals surface area contributed by atoms with Gasteiger partial charge in [-0.2, -0.15) is 4.39 Å². The summed E-state index contributed by atoms with van der Waals surface area (Å²) in [5.74, 6) is -1.29. The van der Waals surface area contributed by atoms with Crippen LogP contribution >= 0.6 is 0 Å². The van der Waals surface area contributed by atoms with E-state index in [4.69, 9.17) is 0 Å². The number of nitro groups is 1. The van der Waals surface area contributed by atoms with E-state index < -0.39 is 22.2 Å². The maximum Gasteiger partial charge on any atom is 0.305 e. The monoisotopic (exact) mass is 235 g/mol. The lowest BCUT2D eigenvalue weighted by Crippen LogP contribution is -1.92. The molecule has 86 valence electrons. The van der Waals surface area contributed by atoms with Gasteiger partial charge in [-0.3, -0.25) is 10.1 Å². The molecule has 0 atom stereocenters. The van der Waals surface area contributed by atoms with E-state index in [0.717, 1.165) is 12.1 Å². The molecule has 0 N–H and O–H groups in total. The van der Waals surface area contributed by atoms with Gasteiger partial charge in [0.2, 0.25) is 5.82 Å². The van der Waals surface area contributed by atoms with Gasteiger partial charge >= 0.3 is 5.69 Å². The maximum atomic E-state index is 13.1. The molecule has 0 bridgehead atoms. The van der Waals surface area contributed by atoms with Crippen molar-refractivity contribution in [2.45, 2.75) is 0 Å². The fourth-order valence-corrected chi connectivity index (χ4v) is 1.47. The van der Waals surface area contributed by atoms with Gasteiger partial charge in [0.1, 0.15) is 5.82 Å². The van der Waals surface area contributed by atoms with Crippen LogP contribution in [-0.2, 0) is 0 Å². The van der Waals surface area contributed by atoms with Gasteiger partial charge in [-0.25, -0.2) is 4.39 Å². The van der Waals surface area contributed by atoms with E-state index in [0.29, 0.717) is 11.1 Å². The highest BCUT2D eigenvalue weighted by Gasteiger charge is 2.14. The molecule has 0 saturated carbocycles. The molecule has 0 radical (unpaired) electrons. The van der Waals surface area contributed by atoms with Gasteiger partial charge in [-0.05, 0) is 29.3 Å². The highest BCUT2D eigenvalue weighted by Crippen LogP contribution is 2.26.